The van der Waals surface area contributed by atoms with Crippen LogP contribution in [0.25, 0.3) is 0 Å². The summed E-state index contributed by atoms with van der Waals surface area (Å²) in [5.41, 5.74) is 0. The van der Waals surface area contributed by atoms with Gasteiger partial charge in [-0.2, -0.15) is 0 Å². The van der Waals surface area contributed by atoms with Crippen LogP contribution in [0, 0.1) is 0 Å². The first kappa shape index (κ1) is 30.6. The van der Waals surface area contributed by atoms with Crippen LogP contribution in [0.3, 0.4) is 0 Å². The fraction of sp³-hybridized carbons (Fsp3) is 0. The standard InChI is InChI=1S/Al.Mo.Ni.Zr. The first-order chi connectivity index (χ1) is 0. The molecule has 0 amide bonds. The van der Waals surface area contributed by atoms with Gasteiger partial charge in [0.2, 0.25) is 0 Å². The van der Waals surface area contributed by atoms with Crippen LogP contribution in [0.1, 0.15) is 0 Å². The first-order valence-corrected chi connectivity index (χ1v) is 0. The summed E-state index contributed by atoms with van der Waals surface area (Å²) >= 11 is 0. The summed E-state index contributed by atoms with van der Waals surface area (Å²) in [7, 11) is 0. The molecule has 0 bridgehead atoms. The molecule has 0 aromatic heterocycles. The Bertz CT molecular complexity index is 8.00. The Morgan fingerprint density at radius 3 is 1.00 bits per heavy atom. The normalized spacial score (nSPS) is 0. The van der Waals surface area contributed by atoms with E-state index in [1.54, 1.807) is 0 Å². The van der Waals surface area contributed by atoms with E-state index in [1.165, 1.54) is 0 Å². The second kappa shape index (κ2) is 17.5. The van der Waals surface area contributed by atoms with Crippen molar-refractivity contribution in [3.05, 3.63) is 0 Å². The molecule has 0 aromatic carbocycles. The Balaban J connectivity index is 0. The average Bonchev–Trinajstić information content (AvgIpc) is 0. The zero-order valence-electron chi connectivity index (χ0n) is 1.80. The van der Waals surface area contributed by atoms with Crippen molar-refractivity contribution >= 4 is 17.4 Å². The van der Waals surface area contributed by atoms with Crippen molar-refractivity contribution in [2.75, 3.05) is 0 Å². The Morgan fingerprint density at radius 2 is 1.00 bits per heavy atom. The van der Waals surface area contributed by atoms with Crippen LogP contribution in [-0.2, 0) is 63.8 Å². The van der Waals surface area contributed by atoms with Gasteiger partial charge in [-0.3, -0.25) is 0 Å². The maximum Gasteiger partial charge on any atom is 0 e. The molecule has 0 N–H and O–H groups in total. The van der Waals surface area contributed by atoms with Gasteiger partial charge in [-0.25, -0.2) is 0 Å². The van der Waals surface area contributed by atoms with Gasteiger partial charge < -0.3 is 0 Å². The van der Waals surface area contributed by atoms with Gasteiger partial charge in [-0.05, 0) is 0 Å². The largest absolute Gasteiger partial charge is 0 e. The molecule has 0 rings (SSSR count). The van der Waals surface area contributed by atoms with Crippen LogP contribution < -0.4 is 0 Å². The predicted octanol–water partition coefficient (Wildman–Crippen LogP) is -0.388. The van der Waals surface area contributed by atoms with Crippen molar-refractivity contribution in [3.63, 3.8) is 0 Å². The van der Waals surface area contributed by atoms with E-state index in [2.05, 4.69) is 0 Å². The average molecular weight is 273 g/mol. The Morgan fingerprint density at radius 1 is 1.00 bits per heavy atom. The van der Waals surface area contributed by atoms with E-state index in [-0.39, 0.29) is 81.1 Å². The molecule has 0 saturated carbocycles. The Hall–Kier alpha value is 2.60. The van der Waals surface area contributed by atoms with Crippen molar-refractivity contribution in [3.8, 4) is 0 Å². The molecule has 0 nitrogen and oxygen atoms in total. The van der Waals surface area contributed by atoms with Crippen LogP contribution in [0.2, 0.25) is 0 Å². The minimum atomic E-state index is 0. The van der Waals surface area contributed by atoms with Crippen molar-refractivity contribution < 1.29 is 63.8 Å². The van der Waals surface area contributed by atoms with E-state index >= 15 is 0 Å². The Kier molecular flexibility index (Phi) is 134. The van der Waals surface area contributed by atoms with Crippen molar-refractivity contribution in [1.29, 1.82) is 0 Å². The molecule has 4 heteroatoms. The third-order valence-electron chi connectivity index (χ3n) is 0. The van der Waals surface area contributed by atoms with E-state index in [4.69, 9.17) is 0 Å². The molecule has 0 aliphatic heterocycles. The van der Waals surface area contributed by atoms with Gasteiger partial charge in [0.1, 0.15) is 0 Å². The van der Waals surface area contributed by atoms with E-state index in [1.807, 2.05) is 0 Å². The van der Waals surface area contributed by atoms with Crippen molar-refractivity contribution in [1.82, 2.24) is 0 Å². The number of hydrogen-bond donors (Lipinski definition) is 0. The summed E-state index contributed by atoms with van der Waals surface area (Å²) in [5.74, 6) is 0. The molecular formula is AlMoNiZr. The van der Waals surface area contributed by atoms with Crippen molar-refractivity contribution in [2.45, 2.75) is 0 Å². The molecule has 0 aromatic rings. The van der Waals surface area contributed by atoms with E-state index in [0.29, 0.717) is 0 Å². The van der Waals surface area contributed by atoms with Gasteiger partial charge >= 0.3 is 0 Å². The van der Waals surface area contributed by atoms with Crippen LogP contribution in [0.4, 0.5) is 0 Å². The minimum absolute atomic E-state index is 0. The molecule has 0 unspecified atom stereocenters. The molecule has 0 spiro atoms. The minimum Gasteiger partial charge on any atom is 0 e. The topological polar surface area (TPSA) is 0 Å². The summed E-state index contributed by atoms with van der Waals surface area (Å²) in [6, 6.07) is 0. The molecule has 0 atom stereocenters. The SMILES string of the molecule is [Al].[Mo].[Ni].[Zr]. The monoisotopic (exact) mass is 273 g/mol. The number of hydrogen-bond acceptors (Lipinski definition) is 0. The molecule has 3 radical (unpaired) electrons. The summed E-state index contributed by atoms with van der Waals surface area (Å²) in [4.78, 5) is 0. The molecule has 4 heavy (non-hydrogen) atoms. The van der Waals surface area contributed by atoms with Gasteiger partial charge in [0.05, 0.1) is 0 Å². The maximum absolute atomic E-state index is 0. The van der Waals surface area contributed by atoms with Crippen LogP contribution >= 0.6 is 0 Å². The van der Waals surface area contributed by atoms with Crippen LogP contribution in [0.5, 0.6) is 0 Å². The number of rotatable bonds is 0. The summed E-state index contributed by atoms with van der Waals surface area (Å²) < 4.78 is 0. The molecule has 0 heterocycles. The zero-order chi connectivity index (χ0) is 0. The first-order valence-electron chi connectivity index (χ1n) is 0. The van der Waals surface area contributed by atoms with Crippen LogP contribution in [-0.4, -0.2) is 17.4 Å². The third-order valence-corrected chi connectivity index (χ3v) is 0. The van der Waals surface area contributed by atoms with Crippen LogP contribution in [0.15, 0.2) is 0 Å². The zero-order valence-corrected chi connectivity index (χ0v) is 8.41. The second-order valence-electron chi connectivity index (χ2n) is 0. The third kappa shape index (κ3) is 8.82. The van der Waals surface area contributed by atoms with Gasteiger partial charge in [0.15, 0.2) is 0 Å². The quantitative estimate of drug-likeness (QED) is 0.527. The van der Waals surface area contributed by atoms with E-state index in [9.17, 15) is 0 Å². The molecule has 0 saturated heterocycles. The summed E-state index contributed by atoms with van der Waals surface area (Å²) in [6.07, 6.45) is 0. The van der Waals surface area contributed by atoms with Crippen molar-refractivity contribution in [2.24, 2.45) is 0 Å². The summed E-state index contributed by atoms with van der Waals surface area (Å²) in [6.45, 7) is 0. The maximum atomic E-state index is 0. The molecule has 0 fully saturated rings. The molecular weight excluding hydrogens is 273 g/mol. The fourth-order valence-corrected chi connectivity index (χ4v) is 0. The second-order valence-corrected chi connectivity index (χ2v) is 0. The smallest absolute Gasteiger partial charge is 0 e. The summed E-state index contributed by atoms with van der Waals surface area (Å²) in [5, 5.41) is 0. The molecule has 0 aliphatic rings. The van der Waals surface area contributed by atoms with Gasteiger partial charge in [0, 0.05) is 81.1 Å². The predicted molar refractivity (Wildman–Crippen MR) is 5.75 cm³/mol. The Labute approximate surface area is 79.9 Å². The van der Waals surface area contributed by atoms with Gasteiger partial charge in [0.25, 0.3) is 0 Å². The van der Waals surface area contributed by atoms with E-state index in [0.717, 1.165) is 0 Å². The van der Waals surface area contributed by atoms with E-state index < -0.39 is 0 Å². The molecule has 23 valence electrons. The van der Waals surface area contributed by atoms with Gasteiger partial charge in [-0.15, -0.1) is 0 Å². The van der Waals surface area contributed by atoms with Gasteiger partial charge in [-0.1, -0.05) is 0 Å². The molecule has 0 aliphatic carbocycles. The fourth-order valence-electron chi connectivity index (χ4n) is 0.